The van der Waals surface area contributed by atoms with Crippen molar-refractivity contribution in [2.45, 2.75) is 39.2 Å². The molecule has 1 aromatic rings. The van der Waals surface area contributed by atoms with Crippen LogP contribution in [0.15, 0.2) is 6.20 Å². The first-order valence-electron chi connectivity index (χ1n) is 6.59. The molecule has 1 aliphatic heterocycles. The molecule has 0 bridgehead atoms. The van der Waals surface area contributed by atoms with Crippen LogP contribution in [0.1, 0.15) is 30.2 Å². The van der Waals surface area contributed by atoms with Gasteiger partial charge in [0, 0.05) is 30.1 Å². The summed E-state index contributed by atoms with van der Waals surface area (Å²) in [6, 6.07) is 0.241. The van der Waals surface area contributed by atoms with Gasteiger partial charge in [0.05, 0.1) is 5.01 Å². The van der Waals surface area contributed by atoms with Crippen molar-refractivity contribution in [3.63, 3.8) is 0 Å². The Morgan fingerprint density at radius 3 is 3.12 bits per heavy atom. The summed E-state index contributed by atoms with van der Waals surface area (Å²) in [4.78, 5) is 8.39. The van der Waals surface area contributed by atoms with Crippen molar-refractivity contribution in [1.29, 1.82) is 0 Å². The average Bonchev–Trinajstić information content (AvgIpc) is 2.88. The van der Waals surface area contributed by atoms with Crippen LogP contribution >= 0.6 is 11.3 Å². The minimum atomic E-state index is 0.241. The Hall–Kier alpha value is -0.450. The van der Waals surface area contributed by atoms with Gasteiger partial charge in [-0.3, -0.25) is 0 Å². The highest BCUT2D eigenvalue weighted by Crippen LogP contribution is 2.23. The van der Waals surface area contributed by atoms with Gasteiger partial charge in [0.2, 0.25) is 0 Å². The van der Waals surface area contributed by atoms with Gasteiger partial charge in [-0.2, -0.15) is 0 Å². The lowest BCUT2D eigenvalue weighted by Gasteiger charge is -2.11. The smallest absolute Gasteiger partial charge is 0.0930 e. The molecule has 2 heterocycles. The molecular formula is C13H23N3S. The highest BCUT2D eigenvalue weighted by molar-refractivity contribution is 7.11. The Bertz CT molecular complexity index is 348. The van der Waals surface area contributed by atoms with Crippen molar-refractivity contribution in [2.24, 2.45) is 11.7 Å². The molecule has 4 heteroatoms. The van der Waals surface area contributed by atoms with Crippen molar-refractivity contribution in [3.05, 3.63) is 16.1 Å². The molecule has 2 rings (SSSR count). The van der Waals surface area contributed by atoms with E-state index in [2.05, 4.69) is 23.7 Å². The van der Waals surface area contributed by atoms with E-state index in [1.165, 1.54) is 35.9 Å². The van der Waals surface area contributed by atoms with Crippen LogP contribution in [0.3, 0.4) is 0 Å². The molecule has 0 aliphatic carbocycles. The van der Waals surface area contributed by atoms with Crippen LogP contribution in [-0.2, 0) is 12.8 Å². The van der Waals surface area contributed by atoms with Crippen LogP contribution in [0.4, 0.5) is 0 Å². The van der Waals surface area contributed by atoms with Crippen molar-refractivity contribution in [3.8, 4) is 0 Å². The molecule has 2 unspecified atom stereocenters. The Morgan fingerprint density at radius 1 is 1.65 bits per heavy atom. The summed E-state index contributed by atoms with van der Waals surface area (Å²) in [5.74, 6) is 0.809. The number of aromatic nitrogens is 1. The lowest BCUT2D eigenvalue weighted by Crippen LogP contribution is -2.20. The third kappa shape index (κ3) is 3.76. The van der Waals surface area contributed by atoms with Gasteiger partial charge in [-0.25, -0.2) is 4.98 Å². The zero-order chi connectivity index (χ0) is 12.3. The van der Waals surface area contributed by atoms with Gasteiger partial charge in [0.15, 0.2) is 0 Å². The maximum atomic E-state index is 5.81. The van der Waals surface area contributed by atoms with Crippen LogP contribution in [0.25, 0.3) is 0 Å². The van der Waals surface area contributed by atoms with Crippen molar-refractivity contribution in [1.82, 2.24) is 9.88 Å². The molecule has 1 fully saturated rings. The predicted octanol–water partition coefficient (Wildman–Crippen LogP) is 1.92. The molecule has 2 atom stereocenters. The van der Waals surface area contributed by atoms with Crippen molar-refractivity contribution < 1.29 is 0 Å². The topological polar surface area (TPSA) is 42.2 Å². The number of likely N-dealkylation sites (tertiary alicyclic amines) is 1. The highest BCUT2D eigenvalue weighted by Gasteiger charge is 2.22. The summed E-state index contributed by atoms with van der Waals surface area (Å²) in [5, 5.41) is 1.30. The zero-order valence-corrected chi connectivity index (χ0v) is 11.7. The van der Waals surface area contributed by atoms with Crippen LogP contribution in [0, 0.1) is 5.92 Å². The third-order valence-corrected chi connectivity index (χ3v) is 4.45. The van der Waals surface area contributed by atoms with E-state index in [1.807, 2.05) is 17.5 Å². The van der Waals surface area contributed by atoms with Gasteiger partial charge in [0.25, 0.3) is 0 Å². The first kappa shape index (κ1) is 13.0. The van der Waals surface area contributed by atoms with Gasteiger partial charge in [-0.1, -0.05) is 6.92 Å². The second kappa shape index (κ2) is 5.94. The second-order valence-electron chi connectivity index (χ2n) is 5.15. The maximum absolute atomic E-state index is 5.81. The Labute approximate surface area is 108 Å². The number of hydrogen-bond acceptors (Lipinski definition) is 4. The van der Waals surface area contributed by atoms with E-state index in [1.54, 1.807) is 0 Å². The molecule has 0 radical (unpaired) electrons. The monoisotopic (exact) mass is 253 g/mol. The molecule has 0 aromatic carbocycles. The van der Waals surface area contributed by atoms with E-state index in [9.17, 15) is 0 Å². The Balaban J connectivity index is 1.85. The van der Waals surface area contributed by atoms with E-state index in [4.69, 9.17) is 5.73 Å². The number of hydrogen-bond donors (Lipinski definition) is 1. The fourth-order valence-electron chi connectivity index (χ4n) is 2.47. The van der Waals surface area contributed by atoms with Crippen LogP contribution < -0.4 is 5.73 Å². The molecular weight excluding hydrogens is 230 g/mol. The van der Waals surface area contributed by atoms with E-state index < -0.39 is 0 Å². The highest BCUT2D eigenvalue weighted by atomic mass is 32.1. The molecule has 0 amide bonds. The first-order valence-corrected chi connectivity index (χ1v) is 7.40. The third-order valence-electron chi connectivity index (χ3n) is 3.41. The minimum Gasteiger partial charge on any atom is -0.328 e. The van der Waals surface area contributed by atoms with E-state index in [0.717, 1.165) is 18.8 Å². The summed E-state index contributed by atoms with van der Waals surface area (Å²) in [6.45, 7) is 7.99. The molecule has 0 saturated carbocycles. The predicted molar refractivity (Wildman–Crippen MR) is 73.4 cm³/mol. The number of nitrogens with two attached hydrogens (primary N) is 1. The summed E-state index contributed by atoms with van der Waals surface area (Å²) in [7, 11) is 0. The summed E-state index contributed by atoms with van der Waals surface area (Å²) in [5.41, 5.74) is 5.81. The minimum absolute atomic E-state index is 0.241. The molecule has 2 N–H and O–H groups in total. The lowest BCUT2D eigenvalue weighted by atomic mass is 10.1. The molecule has 0 spiro atoms. The van der Waals surface area contributed by atoms with Crippen molar-refractivity contribution in [2.75, 3.05) is 19.6 Å². The average molecular weight is 253 g/mol. The SMILES string of the molecule is CCN1CCC(Cc2ncc(CC(C)N)s2)C1. The van der Waals surface area contributed by atoms with E-state index >= 15 is 0 Å². The number of nitrogens with zero attached hydrogens (tertiary/aromatic N) is 2. The quantitative estimate of drug-likeness (QED) is 0.871. The Morgan fingerprint density at radius 2 is 2.47 bits per heavy atom. The molecule has 1 aliphatic rings. The van der Waals surface area contributed by atoms with Gasteiger partial charge in [-0.05, 0) is 38.8 Å². The summed E-state index contributed by atoms with van der Waals surface area (Å²) >= 11 is 1.85. The number of thiazole rings is 1. The lowest BCUT2D eigenvalue weighted by molar-refractivity contribution is 0.342. The summed E-state index contributed by atoms with van der Waals surface area (Å²) in [6.07, 6.45) is 5.45. The zero-order valence-electron chi connectivity index (χ0n) is 10.9. The first-order chi connectivity index (χ1) is 8.17. The largest absolute Gasteiger partial charge is 0.328 e. The summed E-state index contributed by atoms with van der Waals surface area (Å²) < 4.78 is 0. The van der Waals surface area contributed by atoms with Crippen LogP contribution in [-0.4, -0.2) is 35.6 Å². The Kier molecular flexibility index (Phi) is 4.54. The molecule has 1 aromatic heterocycles. The van der Waals surface area contributed by atoms with Crippen LogP contribution in [0.5, 0.6) is 0 Å². The van der Waals surface area contributed by atoms with Gasteiger partial charge in [-0.15, -0.1) is 11.3 Å². The molecule has 3 nitrogen and oxygen atoms in total. The van der Waals surface area contributed by atoms with E-state index in [-0.39, 0.29) is 6.04 Å². The normalized spacial score (nSPS) is 23.1. The maximum Gasteiger partial charge on any atom is 0.0930 e. The molecule has 17 heavy (non-hydrogen) atoms. The molecule has 96 valence electrons. The fraction of sp³-hybridized carbons (Fsp3) is 0.769. The van der Waals surface area contributed by atoms with E-state index in [0.29, 0.717) is 0 Å². The number of rotatable bonds is 5. The second-order valence-corrected chi connectivity index (χ2v) is 6.35. The molecule has 1 saturated heterocycles. The van der Waals surface area contributed by atoms with Crippen molar-refractivity contribution >= 4 is 11.3 Å². The van der Waals surface area contributed by atoms with Crippen LogP contribution in [0.2, 0.25) is 0 Å². The van der Waals surface area contributed by atoms with Gasteiger partial charge >= 0.3 is 0 Å². The fourth-order valence-corrected chi connectivity index (χ4v) is 3.65. The van der Waals surface area contributed by atoms with Gasteiger partial charge < -0.3 is 10.6 Å². The van der Waals surface area contributed by atoms with Gasteiger partial charge in [0.1, 0.15) is 0 Å². The standard InChI is InChI=1S/C13H23N3S/c1-3-16-5-4-11(9-16)7-13-15-8-12(17-13)6-10(2)14/h8,10-11H,3-7,9,14H2,1-2H3.